The molecule has 0 aliphatic carbocycles. The van der Waals surface area contributed by atoms with Crippen LogP contribution in [0.25, 0.3) is 0 Å². The fourth-order valence-corrected chi connectivity index (χ4v) is 8.90. The van der Waals surface area contributed by atoms with Crippen LogP contribution in [0, 0.1) is 0 Å². The Kier molecular flexibility index (Phi) is 27.5. The Morgan fingerprint density at radius 3 is 0.755 bits per heavy atom. The van der Waals surface area contributed by atoms with Gasteiger partial charge in [-0.05, 0) is 239 Å². The smallest absolute Gasteiger partial charge is 0.343 e. The van der Waals surface area contributed by atoms with Gasteiger partial charge in [0.25, 0.3) is 0 Å². The number of benzene rings is 8. The van der Waals surface area contributed by atoms with Gasteiger partial charge in [0.05, 0.1) is 78.6 Å². The second kappa shape index (κ2) is 37.6. The molecule has 0 amide bonds. The molecule has 0 fully saturated rings. The maximum absolute atomic E-state index is 13.1. The summed E-state index contributed by atoms with van der Waals surface area (Å²) < 4.78 is 59.4. The van der Waals surface area contributed by atoms with E-state index in [1.165, 1.54) is 109 Å². The van der Waals surface area contributed by atoms with Crippen LogP contribution in [0.4, 0.5) is 0 Å². The van der Waals surface area contributed by atoms with Crippen molar-refractivity contribution >= 4 is 59.5 Å². The van der Waals surface area contributed by atoms with E-state index in [0.29, 0.717) is 92.8 Å². The maximum atomic E-state index is 13.1. The molecule has 0 atom stereocenters. The van der Waals surface area contributed by atoms with Gasteiger partial charge in [-0.2, -0.15) is 0 Å². The third kappa shape index (κ3) is 23.3. The highest BCUT2D eigenvalue weighted by atomic mass is 16.6. The molecule has 0 radical (unpaired) electrons. The number of carbonyl (C=O) groups is 10. The minimum atomic E-state index is -0.691. The van der Waals surface area contributed by atoms with Crippen LogP contribution in [0.5, 0.6) is 40.2 Å². The van der Waals surface area contributed by atoms with E-state index in [0.717, 1.165) is 12.2 Å². The first-order valence-corrected chi connectivity index (χ1v) is 31.2. The molecule has 21 heteroatoms. The number of ether oxygens (including phenoxy) is 11. The second-order valence-electron chi connectivity index (χ2n) is 21.5. The summed E-state index contributed by atoms with van der Waals surface area (Å²) >= 11 is 0. The zero-order valence-electron chi connectivity index (χ0n) is 53.2. The summed E-state index contributed by atoms with van der Waals surface area (Å²) in [5, 5.41) is 0. The molecule has 0 unspecified atom stereocenters. The molecule has 0 saturated carbocycles. The molecule has 0 heterocycles. The zero-order chi connectivity index (χ0) is 69.4. The molecule has 0 aliphatic heterocycles. The van der Waals surface area contributed by atoms with Crippen molar-refractivity contribution in [1.82, 2.24) is 0 Å². The molecule has 502 valence electrons. The minimum Gasteiger partial charge on any atom is -0.494 e. The third-order valence-corrected chi connectivity index (χ3v) is 14.3. The van der Waals surface area contributed by atoms with Gasteiger partial charge in [-0.1, -0.05) is 25.3 Å². The Morgan fingerprint density at radius 2 is 0.469 bits per heavy atom. The number of carbonyl (C=O) groups excluding carboxylic acids is 10. The quantitative estimate of drug-likeness (QED) is 0.00881. The van der Waals surface area contributed by atoms with Gasteiger partial charge < -0.3 is 52.1 Å². The van der Waals surface area contributed by atoms with E-state index in [9.17, 15) is 47.9 Å². The van der Waals surface area contributed by atoms with Crippen LogP contribution in [0.2, 0.25) is 0 Å². The predicted octanol–water partition coefficient (Wildman–Crippen LogP) is 13.6. The van der Waals surface area contributed by atoms with Gasteiger partial charge in [0.1, 0.15) is 40.2 Å². The van der Waals surface area contributed by atoms with E-state index < -0.39 is 53.7 Å². The number of hydrogen-bond acceptors (Lipinski definition) is 21. The molecule has 21 nitrogen and oxygen atoms in total. The van der Waals surface area contributed by atoms with E-state index in [4.69, 9.17) is 52.1 Å². The lowest BCUT2D eigenvalue weighted by molar-refractivity contribution is -0.138. The number of Topliss-reactive ketones (excluding diaryl/α,β-unsaturated/α-hetero) is 1. The van der Waals surface area contributed by atoms with Gasteiger partial charge in [0.15, 0.2) is 5.78 Å². The Balaban J connectivity index is 0.646. The lowest BCUT2D eigenvalue weighted by atomic mass is 10.0. The molecule has 0 spiro atoms. The third-order valence-electron chi connectivity index (χ3n) is 14.3. The van der Waals surface area contributed by atoms with Crippen LogP contribution in [-0.2, 0) is 35.0 Å². The van der Waals surface area contributed by atoms with Crippen molar-refractivity contribution in [3.8, 4) is 40.2 Å². The summed E-state index contributed by atoms with van der Waals surface area (Å²) in [7, 11) is 0. The monoisotopic (exact) mass is 1330 g/mol. The zero-order valence-corrected chi connectivity index (χ0v) is 53.2. The fraction of sp³-hybridized carbons (Fsp3) is 0.195. The largest absolute Gasteiger partial charge is 0.494 e. The van der Waals surface area contributed by atoms with E-state index in [-0.39, 0.29) is 101 Å². The van der Waals surface area contributed by atoms with E-state index in [2.05, 4.69) is 13.2 Å². The Hall–Kier alpha value is -12.3. The molecule has 0 bridgehead atoms. The predicted molar refractivity (Wildman–Crippen MR) is 355 cm³/mol. The molecular weight excluding hydrogens is 1260 g/mol. The Labute approximate surface area is 564 Å². The van der Waals surface area contributed by atoms with Crippen molar-refractivity contribution < 1.29 is 100 Å². The molecule has 8 aromatic rings. The van der Waals surface area contributed by atoms with Crippen molar-refractivity contribution in [2.45, 2.75) is 57.8 Å². The van der Waals surface area contributed by atoms with Gasteiger partial charge in [0, 0.05) is 24.1 Å². The van der Waals surface area contributed by atoms with Crippen LogP contribution in [0.3, 0.4) is 0 Å². The Bertz CT molecular complexity index is 3780. The average molecular weight is 1330 g/mol. The standard InChI is InChI=1S/C77H68O21/c1-3-69(79)90-47-11-9-45-88-61-31-19-56(20-32-61)73(83)96-65-39-25-58(26-40-65)75(85)94-63-35-17-53(18-36-63)68(78)51-52-13-15-54(16-14-52)71(81)92-49-7-5-6-8-50-93-72(82)55-23-37-64(38-24-55)95-76(86)59-29-43-67(44-30-59)98-77(87)60-27-41-66(42-28-60)97-74(84)57-21-33-62(34-22-57)89-46-10-12-48-91-70(80)4-2/h3-4,13-44H,1-2,5-12,45-51H2. The van der Waals surface area contributed by atoms with Crippen LogP contribution in [-0.4, -0.2) is 99.1 Å². The van der Waals surface area contributed by atoms with Crippen LogP contribution < -0.4 is 33.2 Å². The number of esters is 9. The summed E-state index contributed by atoms with van der Waals surface area (Å²) in [5.41, 5.74) is 2.77. The summed E-state index contributed by atoms with van der Waals surface area (Å²) in [6.45, 7) is 8.37. The van der Waals surface area contributed by atoms with Gasteiger partial charge in [-0.3, -0.25) is 4.79 Å². The molecule has 8 aromatic carbocycles. The van der Waals surface area contributed by atoms with Gasteiger partial charge in [-0.15, -0.1) is 0 Å². The highest BCUT2D eigenvalue weighted by Gasteiger charge is 2.18. The average Bonchev–Trinajstić information content (AvgIpc) is 1.01. The highest BCUT2D eigenvalue weighted by Crippen LogP contribution is 2.24. The summed E-state index contributed by atoms with van der Waals surface area (Å²) in [6, 6.07) is 48.7. The first-order valence-electron chi connectivity index (χ1n) is 31.2. The van der Waals surface area contributed by atoms with Gasteiger partial charge in [0.2, 0.25) is 0 Å². The first-order chi connectivity index (χ1) is 47.6. The molecule has 0 aromatic heterocycles. The molecule has 0 aliphatic rings. The fourth-order valence-electron chi connectivity index (χ4n) is 8.90. The molecule has 8 rings (SSSR count). The topological polar surface area (TPSA) is 272 Å². The van der Waals surface area contributed by atoms with Crippen molar-refractivity contribution in [2.24, 2.45) is 0 Å². The number of unbranched alkanes of at least 4 members (excludes halogenated alkanes) is 5. The van der Waals surface area contributed by atoms with Crippen LogP contribution >= 0.6 is 0 Å². The van der Waals surface area contributed by atoms with Crippen molar-refractivity contribution in [3.05, 3.63) is 270 Å². The van der Waals surface area contributed by atoms with E-state index in [1.807, 2.05) is 0 Å². The molecule has 0 saturated heterocycles. The number of hydrogen-bond donors (Lipinski definition) is 0. The summed E-state index contributed by atoms with van der Waals surface area (Å²) in [6.07, 6.45) is 7.42. The lowest BCUT2D eigenvalue weighted by Gasteiger charge is -2.09. The second-order valence-corrected chi connectivity index (χ2v) is 21.5. The van der Waals surface area contributed by atoms with Gasteiger partial charge >= 0.3 is 53.7 Å². The minimum absolute atomic E-state index is 0.0543. The molecule has 98 heavy (non-hydrogen) atoms. The summed E-state index contributed by atoms with van der Waals surface area (Å²) in [5.74, 6) is -3.39. The maximum Gasteiger partial charge on any atom is 0.343 e. The Morgan fingerprint density at radius 1 is 0.245 bits per heavy atom. The van der Waals surface area contributed by atoms with Crippen molar-refractivity contribution in [1.29, 1.82) is 0 Å². The highest BCUT2D eigenvalue weighted by molar-refractivity contribution is 5.99. The number of ketones is 1. The van der Waals surface area contributed by atoms with Crippen LogP contribution in [0.15, 0.2) is 219 Å². The molecular formula is C77H68O21. The van der Waals surface area contributed by atoms with Gasteiger partial charge in [-0.25, -0.2) is 43.2 Å². The number of rotatable bonds is 36. The van der Waals surface area contributed by atoms with Crippen LogP contribution in [0.1, 0.15) is 140 Å². The SMILES string of the molecule is C=CC(=O)OCCCCOc1ccc(C(=O)Oc2ccc(C(=O)Oc3ccc(C(=O)Cc4ccc(C(=O)OCCCCCCOC(=O)c5ccc(OC(=O)c6ccc(OC(=O)c7ccc(OC(=O)c8ccc(OCCCCOC(=O)C=C)cc8)cc7)cc6)cc5)cc4)cc3)cc2)cc1. The first kappa shape index (κ1) is 71.6. The van der Waals surface area contributed by atoms with E-state index >= 15 is 0 Å². The normalized spacial score (nSPS) is 10.5. The lowest BCUT2D eigenvalue weighted by Crippen LogP contribution is -2.11. The van der Waals surface area contributed by atoms with Crippen molar-refractivity contribution in [3.63, 3.8) is 0 Å². The van der Waals surface area contributed by atoms with Crippen molar-refractivity contribution in [2.75, 3.05) is 39.6 Å². The van der Waals surface area contributed by atoms with E-state index in [1.54, 1.807) is 84.9 Å². The molecule has 0 N–H and O–H groups in total. The summed E-state index contributed by atoms with van der Waals surface area (Å²) in [4.78, 5) is 125.